The molecule has 1 aromatic rings. The van der Waals surface area contributed by atoms with Crippen molar-refractivity contribution in [2.24, 2.45) is 5.73 Å². The van der Waals surface area contributed by atoms with Crippen molar-refractivity contribution >= 4 is 33.5 Å². The highest BCUT2D eigenvalue weighted by Crippen LogP contribution is 2.36. The third-order valence-corrected chi connectivity index (χ3v) is 2.96. The molecule has 1 amide bonds. The minimum atomic E-state index is -4.58. The molecule has 0 aliphatic heterocycles. The van der Waals surface area contributed by atoms with Crippen LogP contribution < -0.4 is 11.1 Å². The van der Waals surface area contributed by atoms with E-state index >= 15 is 0 Å². The normalized spacial score (nSPS) is 12.8. The number of benzene rings is 1. The molecule has 5 nitrogen and oxygen atoms in total. The van der Waals surface area contributed by atoms with Crippen LogP contribution in [0, 0.1) is 0 Å². The molecular formula is C11H10BrF3N2O3. The predicted octanol–water partition coefficient (Wildman–Crippen LogP) is 2.21. The molecule has 1 aromatic carbocycles. The number of halogens is 4. The number of carbonyl (C=O) groups is 2. The fourth-order valence-electron chi connectivity index (χ4n) is 1.34. The first-order chi connectivity index (χ1) is 9.11. The lowest BCUT2D eigenvalue weighted by molar-refractivity contribution is -0.139. The van der Waals surface area contributed by atoms with Gasteiger partial charge in [0.15, 0.2) is 0 Å². The summed E-state index contributed by atoms with van der Waals surface area (Å²) in [5, 5.41) is 10.6. The number of aliphatic carboxylic acids is 1. The highest BCUT2D eigenvalue weighted by atomic mass is 79.9. The average molecular weight is 355 g/mol. The Bertz CT molecular complexity index is 534. The highest BCUT2D eigenvalue weighted by molar-refractivity contribution is 9.10. The summed E-state index contributed by atoms with van der Waals surface area (Å²) in [7, 11) is 0. The third-order valence-electron chi connectivity index (χ3n) is 2.27. The highest BCUT2D eigenvalue weighted by Gasteiger charge is 2.33. The number of hydrogen-bond acceptors (Lipinski definition) is 3. The van der Waals surface area contributed by atoms with Gasteiger partial charge >= 0.3 is 12.1 Å². The number of amides is 1. The van der Waals surface area contributed by atoms with Gasteiger partial charge in [-0.2, -0.15) is 13.2 Å². The number of rotatable bonds is 4. The lowest BCUT2D eigenvalue weighted by atomic mass is 10.1. The van der Waals surface area contributed by atoms with Gasteiger partial charge in [-0.3, -0.25) is 9.59 Å². The van der Waals surface area contributed by atoms with E-state index in [2.05, 4.69) is 21.2 Å². The van der Waals surface area contributed by atoms with Crippen LogP contribution in [0.25, 0.3) is 0 Å². The summed E-state index contributed by atoms with van der Waals surface area (Å²) in [6.45, 7) is 0. The van der Waals surface area contributed by atoms with Crippen LogP contribution in [0.3, 0.4) is 0 Å². The lowest BCUT2D eigenvalue weighted by Crippen LogP contribution is -2.37. The summed E-state index contributed by atoms with van der Waals surface area (Å²) >= 11 is 2.76. The van der Waals surface area contributed by atoms with Crippen LogP contribution in [0.15, 0.2) is 22.7 Å². The van der Waals surface area contributed by atoms with Crippen molar-refractivity contribution in [2.45, 2.75) is 18.6 Å². The Hall–Kier alpha value is -1.61. The minimum Gasteiger partial charge on any atom is -0.481 e. The van der Waals surface area contributed by atoms with E-state index in [-0.39, 0.29) is 10.2 Å². The fraction of sp³-hybridized carbons (Fsp3) is 0.273. The number of alkyl halides is 3. The first-order valence-corrected chi connectivity index (χ1v) is 6.05. The lowest BCUT2D eigenvalue weighted by Gasteiger charge is -2.13. The van der Waals surface area contributed by atoms with Crippen molar-refractivity contribution in [3.8, 4) is 0 Å². The summed E-state index contributed by atoms with van der Waals surface area (Å²) in [6.07, 6.45) is -5.20. The van der Waals surface area contributed by atoms with Gasteiger partial charge in [-0.15, -0.1) is 0 Å². The second-order valence-corrected chi connectivity index (χ2v) is 4.74. The van der Waals surface area contributed by atoms with Gasteiger partial charge in [0.1, 0.15) is 0 Å². The second kappa shape index (κ2) is 6.23. The van der Waals surface area contributed by atoms with E-state index < -0.39 is 36.1 Å². The van der Waals surface area contributed by atoms with Crippen LogP contribution in [0.4, 0.5) is 18.9 Å². The quantitative estimate of drug-likeness (QED) is 0.772. The van der Waals surface area contributed by atoms with Crippen LogP contribution in [-0.2, 0) is 15.8 Å². The molecule has 1 rings (SSSR count). The smallest absolute Gasteiger partial charge is 0.417 e. The van der Waals surface area contributed by atoms with Crippen LogP contribution in [0.2, 0.25) is 0 Å². The molecule has 0 saturated heterocycles. The van der Waals surface area contributed by atoms with E-state index in [4.69, 9.17) is 10.8 Å². The maximum absolute atomic E-state index is 12.7. The van der Waals surface area contributed by atoms with E-state index in [1.807, 2.05) is 0 Å². The molecule has 0 aliphatic carbocycles. The molecule has 0 heterocycles. The molecule has 0 radical (unpaired) electrons. The molecule has 0 saturated carbocycles. The minimum absolute atomic E-state index is 0.119. The topological polar surface area (TPSA) is 92.4 Å². The monoisotopic (exact) mass is 354 g/mol. The molecule has 0 aromatic heterocycles. The fourth-order valence-corrected chi connectivity index (χ4v) is 1.81. The van der Waals surface area contributed by atoms with Crippen LogP contribution in [0.1, 0.15) is 12.0 Å². The zero-order chi connectivity index (χ0) is 15.5. The van der Waals surface area contributed by atoms with E-state index in [9.17, 15) is 22.8 Å². The summed E-state index contributed by atoms with van der Waals surface area (Å²) in [5.41, 5.74) is 4.22. The van der Waals surface area contributed by atoms with Crippen molar-refractivity contribution < 1.29 is 27.9 Å². The average Bonchev–Trinajstić information content (AvgIpc) is 2.29. The maximum Gasteiger partial charge on any atom is 0.417 e. The summed E-state index contributed by atoms with van der Waals surface area (Å²) < 4.78 is 37.8. The predicted molar refractivity (Wildman–Crippen MR) is 68.0 cm³/mol. The SMILES string of the molecule is NC(CC(=O)O)C(=O)Nc1ccc(Br)c(C(F)(F)F)c1. The van der Waals surface area contributed by atoms with Gasteiger partial charge in [0.05, 0.1) is 18.0 Å². The number of carbonyl (C=O) groups excluding carboxylic acids is 1. The Kier molecular flexibility index (Phi) is 5.12. The molecule has 4 N–H and O–H groups in total. The number of carboxylic acid groups (broad SMARTS) is 1. The zero-order valence-corrected chi connectivity index (χ0v) is 11.5. The summed E-state index contributed by atoms with van der Waals surface area (Å²) in [6, 6.07) is 1.76. The standard InChI is InChI=1S/C11H10BrF3N2O3/c12-7-2-1-5(3-6(7)11(13,14)15)17-10(20)8(16)4-9(18)19/h1-3,8H,4,16H2,(H,17,20)(H,18,19). The molecular weight excluding hydrogens is 345 g/mol. The Morgan fingerprint density at radius 2 is 2.00 bits per heavy atom. The Balaban J connectivity index is 2.89. The van der Waals surface area contributed by atoms with E-state index in [1.54, 1.807) is 0 Å². The molecule has 110 valence electrons. The number of anilines is 1. The molecule has 9 heteroatoms. The van der Waals surface area contributed by atoms with Gasteiger partial charge in [-0.05, 0) is 18.2 Å². The summed E-state index contributed by atoms with van der Waals surface area (Å²) in [4.78, 5) is 21.9. The van der Waals surface area contributed by atoms with Crippen molar-refractivity contribution in [1.29, 1.82) is 0 Å². The van der Waals surface area contributed by atoms with Gasteiger partial charge in [-0.1, -0.05) is 15.9 Å². The molecule has 0 fully saturated rings. The largest absolute Gasteiger partial charge is 0.481 e. The third kappa shape index (κ3) is 4.49. The van der Waals surface area contributed by atoms with Gasteiger partial charge in [0.25, 0.3) is 0 Å². The maximum atomic E-state index is 12.7. The number of nitrogens with one attached hydrogen (secondary N) is 1. The van der Waals surface area contributed by atoms with Crippen LogP contribution >= 0.6 is 15.9 Å². The number of carboxylic acids is 1. The van der Waals surface area contributed by atoms with Crippen molar-refractivity contribution in [3.63, 3.8) is 0 Å². The van der Waals surface area contributed by atoms with Gasteiger partial charge in [0.2, 0.25) is 5.91 Å². The van der Waals surface area contributed by atoms with Crippen molar-refractivity contribution in [2.75, 3.05) is 5.32 Å². The van der Waals surface area contributed by atoms with Gasteiger partial charge in [-0.25, -0.2) is 0 Å². The number of hydrogen-bond donors (Lipinski definition) is 3. The van der Waals surface area contributed by atoms with Crippen LogP contribution in [0.5, 0.6) is 0 Å². The van der Waals surface area contributed by atoms with E-state index in [0.29, 0.717) is 0 Å². The molecule has 0 spiro atoms. The molecule has 20 heavy (non-hydrogen) atoms. The zero-order valence-electron chi connectivity index (χ0n) is 9.87. The van der Waals surface area contributed by atoms with E-state index in [1.165, 1.54) is 6.07 Å². The molecule has 1 unspecified atom stereocenters. The van der Waals surface area contributed by atoms with E-state index in [0.717, 1.165) is 12.1 Å². The van der Waals surface area contributed by atoms with Gasteiger partial charge < -0.3 is 16.2 Å². The summed E-state index contributed by atoms with van der Waals surface area (Å²) in [5.74, 6) is -2.15. The molecule has 0 bridgehead atoms. The Labute approximate surface area is 120 Å². The second-order valence-electron chi connectivity index (χ2n) is 3.89. The van der Waals surface area contributed by atoms with Crippen molar-refractivity contribution in [3.05, 3.63) is 28.2 Å². The first kappa shape index (κ1) is 16.4. The first-order valence-electron chi connectivity index (χ1n) is 5.26. The Morgan fingerprint density at radius 3 is 2.50 bits per heavy atom. The molecule has 0 aliphatic rings. The van der Waals surface area contributed by atoms with Crippen molar-refractivity contribution in [1.82, 2.24) is 0 Å². The molecule has 1 atom stereocenters. The van der Waals surface area contributed by atoms with Crippen LogP contribution in [-0.4, -0.2) is 23.0 Å². The van der Waals surface area contributed by atoms with Gasteiger partial charge in [0, 0.05) is 10.2 Å². The Morgan fingerprint density at radius 1 is 1.40 bits per heavy atom. The number of nitrogens with two attached hydrogens (primary N) is 1.